The van der Waals surface area contributed by atoms with Crippen LogP contribution in [0.3, 0.4) is 0 Å². The van der Waals surface area contributed by atoms with Gasteiger partial charge in [0.15, 0.2) is 20.8 Å². The number of rotatable bonds is 10. The third-order valence-electron chi connectivity index (χ3n) is 5.76. The molecule has 0 radical (unpaired) electrons. The molecule has 3 aromatic rings. The number of carbonyl (C=O) groups excluding carboxylic acids is 1. The van der Waals surface area contributed by atoms with Crippen LogP contribution in [0, 0.1) is 0 Å². The smallest absolute Gasteiger partial charge is 0.233 e. The van der Waals surface area contributed by atoms with Gasteiger partial charge < -0.3 is 14.4 Å². The minimum atomic E-state index is -3.08. The van der Waals surface area contributed by atoms with Crippen molar-refractivity contribution < 1.29 is 22.7 Å². The molecule has 0 bridgehead atoms. The van der Waals surface area contributed by atoms with Gasteiger partial charge in [0.2, 0.25) is 5.91 Å². The van der Waals surface area contributed by atoms with Gasteiger partial charge in [-0.05, 0) is 61.9 Å². The Morgan fingerprint density at radius 1 is 1.11 bits per heavy atom. The summed E-state index contributed by atoms with van der Waals surface area (Å²) in [6.45, 7) is 2.66. The Kier molecular flexibility index (Phi) is 8.43. The fourth-order valence-electron chi connectivity index (χ4n) is 3.80. The highest BCUT2D eigenvalue weighted by atomic mass is 35.5. The van der Waals surface area contributed by atoms with Crippen LogP contribution in [0.2, 0.25) is 5.02 Å². The normalized spacial score (nSPS) is 16.6. The van der Waals surface area contributed by atoms with E-state index in [4.69, 9.17) is 21.1 Å². The molecule has 0 aliphatic carbocycles. The molecule has 0 spiro atoms. The van der Waals surface area contributed by atoms with E-state index in [1.54, 1.807) is 19.2 Å². The molecule has 1 aliphatic heterocycles. The Morgan fingerprint density at radius 2 is 1.78 bits per heavy atom. The summed E-state index contributed by atoms with van der Waals surface area (Å²) in [5.41, 5.74) is 0.778. The van der Waals surface area contributed by atoms with Gasteiger partial charge in [-0.25, -0.2) is 8.42 Å². The Morgan fingerprint density at radius 3 is 2.39 bits per heavy atom. The van der Waals surface area contributed by atoms with E-state index in [1.165, 1.54) is 16.7 Å². The van der Waals surface area contributed by atoms with Crippen molar-refractivity contribution in [2.24, 2.45) is 0 Å². The van der Waals surface area contributed by atoms with Gasteiger partial charge in [0.05, 0.1) is 23.9 Å². The summed E-state index contributed by atoms with van der Waals surface area (Å²) in [5, 5.41) is 9.71. The Balaban J connectivity index is 1.48. The van der Waals surface area contributed by atoms with Gasteiger partial charge >= 0.3 is 0 Å². The summed E-state index contributed by atoms with van der Waals surface area (Å²) in [4.78, 5) is 14.3. The van der Waals surface area contributed by atoms with Gasteiger partial charge in [0, 0.05) is 23.8 Å². The summed E-state index contributed by atoms with van der Waals surface area (Å²) in [7, 11) is -1.43. The van der Waals surface area contributed by atoms with Crippen molar-refractivity contribution in [3.05, 3.63) is 59.4 Å². The molecule has 12 heteroatoms. The van der Waals surface area contributed by atoms with Crippen LogP contribution in [0.4, 0.5) is 0 Å². The number of hydrogen-bond donors (Lipinski definition) is 0. The molecular weight excluding hydrogens is 524 g/mol. The number of amides is 1. The molecule has 0 saturated carbocycles. The second-order valence-electron chi connectivity index (χ2n) is 8.25. The van der Waals surface area contributed by atoms with Crippen molar-refractivity contribution in [2.45, 2.75) is 31.1 Å². The number of sulfone groups is 1. The molecule has 9 nitrogen and oxygen atoms in total. The SMILES string of the molecule is CCOc1ccc(OCc2nnc(SCC(=O)N(C)C3CCS(=O)(=O)C3)n2-c2ccc(Cl)cc2)cc1. The van der Waals surface area contributed by atoms with Crippen LogP contribution in [-0.4, -0.2) is 70.9 Å². The molecule has 0 N–H and O–H groups in total. The van der Waals surface area contributed by atoms with E-state index < -0.39 is 9.84 Å². The van der Waals surface area contributed by atoms with Crippen molar-refractivity contribution in [2.75, 3.05) is 30.9 Å². The predicted molar refractivity (Wildman–Crippen MR) is 139 cm³/mol. The molecule has 1 saturated heterocycles. The van der Waals surface area contributed by atoms with E-state index in [0.29, 0.717) is 34.8 Å². The fraction of sp³-hybridized carbons (Fsp3) is 0.375. The van der Waals surface area contributed by atoms with Crippen LogP contribution in [0.5, 0.6) is 11.5 Å². The topological polar surface area (TPSA) is 104 Å². The number of carbonyl (C=O) groups is 1. The van der Waals surface area contributed by atoms with Crippen molar-refractivity contribution in [1.82, 2.24) is 19.7 Å². The van der Waals surface area contributed by atoms with E-state index in [9.17, 15) is 13.2 Å². The molecule has 192 valence electrons. The summed E-state index contributed by atoms with van der Waals surface area (Å²) < 4.78 is 36.8. The number of benzene rings is 2. The standard InChI is InChI=1S/C24H27ClN4O5S2/c1-3-33-20-8-10-21(11-9-20)34-14-22-26-27-24(29(22)18-6-4-17(25)5-7-18)35-15-23(30)28(2)19-12-13-36(31,32)16-19/h4-11,19H,3,12-16H2,1-2H3. The van der Waals surface area contributed by atoms with Gasteiger partial charge in [0.25, 0.3) is 0 Å². The molecule has 1 amide bonds. The average Bonchev–Trinajstić information content (AvgIpc) is 3.44. The number of thioether (sulfide) groups is 1. The number of aromatic nitrogens is 3. The molecule has 2 heterocycles. The lowest BCUT2D eigenvalue weighted by atomic mass is 10.2. The summed E-state index contributed by atoms with van der Waals surface area (Å²) in [6.07, 6.45) is 0.462. The maximum absolute atomic E-state index is 12.8. The number of hydrogen-bond acceptors (Lipinski definition) is 8. The van der Waals surface area contributed by atoms with E-state index in [1.807, 2.05) is 47.9 Å². The lowest BCUT2D eigenvalue weighted by molar-refractivity contribution is -0.128. The second-order valence-corrected chi connectivity index (χ2v) is 11.9. The second kappa shape index (κ2) is 11.5. The first kappa shape index (κ1) is 26.3. The quantitative estimate of drug-likeness (QED) is 0.352. The van der Waals surface area contributed by atoms with Gasteiger partial charge in [-0.1, -0.05) is 23.4 Å². The number of nitrogens with zero attached hydrogens (tertiary/aromatic N) is 4. The lowest BCUT2D eigenvalue weighted by Crippen LogP contribution is -2.38. The minimum absolute atomic E-state index is 0.00784. The zero-order valence-electron chi connectivity index (χ0n) is 20.0. The van der Waals surface area contributed by atoms with Crippen LogP contribution < -0.4 is 9.47 Å². The van der Waals surface area contributed by atoms with Crippen LogP contribution in [-0.2, 0) is 21.2 Å². The molecule has 1 fully saturated rings. The molecule has 1 atom stereocenters. The zero-order valence-corrected chi connectivity index (χ0v) is 22.4. The molecule has 4 rings (SSSR count). The molecule has 2 aromatic carbocycles. The van der Waals surface area contributed by atoms with Crippen molar-refractivity contribution >= 4 is 39.1 Å². The van der Waals surface area contributed by atoms with Crippen LogP contribution in [0.1, 0.15) is 19.2 Å². The first-order valence-corrected chi connectivity index (χ1v) is 14.6. The van der Waals surface area contributed by atoms with Crippen LogP contribution in [0.15, 0.2) is 53.7 Å². The highest BCUT2D eigenvalue weighted by molar-refractivity contribution is 7.99. The van der Waals surface area contributed by atoms with E-state index in [0.717, 1.165) is 11.4 Å². The summed E-state index contributed by atoms with van der Waals surface area (Å²) in [5.74, 6) is 2.02. The van der Waals surface area contributed by atoms with E-state index in [2.05, 4.69) is 10.2 Å². The van der Waals surface area contributed by atoms with Crippen molar-refractivity contribution in [3.8, 4) is 17.2 Å². The first-order chi connectivity index (χ1) is 17.3. The Labute approximate surface area is 219 Å². The summed E-state index contributed by atoms with van der Waals surface area (Å²) in [6, 6.07) is 14.2. The summed E-state index contributed by atoms with van der Waals surface area (Å²) >= 11 is 7.31. The molecular formula is C24H27ClN4O5S2. The van der Waals surface area contributed by atoms with Gasteiger partial charge in [-0.2, -0.15) is 0 Å². The van der Waals surface area contributed by atoms with Gasteiger partial charge in [0.1, 0.15) is 18.1 Å². The molecule has 36 heavy (non-hydrogen) atoms. The van der Waals surface area contributed by atoms with Crippen molar-refractivity contribution in [1.29, 1.82) is 0 Å². The molecule has 1 aliphatic rings. The maximum atomic E-state index is 12.8. The third kappa shape index (κ3) is 6.51. The predicted octanol–water partition coefficient (Wildman–Crippen LogP) is 3.64. The highest BCUT2D eigenvalue weighted by Crippen LogP contribution is 2.26. The zero-order chi connectivity index (χ0) is 25.7. The lowest BCUT2D eigenvalue weighted by Gasteiger charge is -2.23. The average molecular weight is 551 g/mol. The fourth-order valence-corrected chi connectivity index (χ4v) is 6.59. The number of ether oxygens (including phenoxy) is 2. The largest absolute Gasteiger partial charge is 0.494 e. The molecule has 1 unspecified atom stereocenters. The minimum Gasteiger partial charge on any atom is -0.494 e. The van der Waals surface area contributed by atoms with Crippen molar-refractivity contribution in [3.63, 3.8) is 0 Å². The molecule has 1 aromatic heterocycles. The maximum Gasteiger partial charge on any atom is 0.233 e. The first-order valence-electron chi connectivity index (χ1n) is 11.4. The van der Waals surface area contributed by atoms with Crippen LogP contribution in [0.25, 0.3) is 5.69 Å². The number of halogens is 1. The highest BCUT2D eigenvalue weighted by Gasteiger charge is 2.32. The van der Waals surface area contributed by atoms with Crippen LogP contribution >= 0.6 is 23.4 Å². The Hall–Kier alpha value is -2.76. The van der Waals surface area contributed by atoms with E-state index >= 15 is 0 Å². The van der Waals surface area contributed by atoms with Gasteiger partial charge in [-0.3, -0.25) is 9.36 Å². The Bertz CT molecular complexity index is 1300. The third-order valence-corrected chi connectivity index (χ3v) is 8.68. The monoisotopic (exact) mass is 550 g/mol. The van der Waals surface area contributed by atoms with Gasteiger partial charge in [-0.15, -0.1) is 10.2 Å². The van der Waals surface area contributed by atoms with E-state index in [-0.39, 0.29) is 35.8 Å².